The molecule has 0 aromatic heterocycles. The smallest absolute Gasteiger partial charge is 0.338 e. The van der Waals surface area contributed by atoms with Gasteiger partial charge in [-0.05, 0) is 68.3 Å². The lowest BCUT2D eigenvalue weighted by molar-refractivity contribution is -0.123. The van der Waals surface area contributed by atoms with Crippen molar-refractivity contribution in [2.45, 2.75) is 31.8 Å². The molecular weight excluding hydrogens is 428 g/mol. The van der Waals surface area contributed by atoms with Crippen LogP contribution in [0.4, 0.5) is 11.4 Å². The number of carbonyl (C=O) groups is 2. The number of rotatable bonds is 7. The Bertz CT molecular complexity index is 1200. The van der Waals surface area contributed by atoms with Crippen molar-refractivity contribution >= 4 is 33.3 Å². The molecule has 166 valence electrons. The summed E-state index contributed by atoms with van der Waals surface area (Å²) in [5, 5.41) is 2.78. The van der Waals surface area contributed by atoms with Crippen molar-refractivity contribution in [3.05, 3.63) is 89.5 Å². The van der Waals surface area contributed by atoms with Gasteiger partial charge >= 0.3 is 5.97 Å². The quantitative estimate of drug-likeness (QED) is 0.521. The first-order valence-electron chi connectivity index (χ1n) is 9.93. The molecule has 0 heterocycles. The second-order valence-corrected chi connectivity index (χ2v) is 8.98. The molecule has 1 unspecified atom stereocenters. The third-order valence-corrected chi connectivity index (χ3v) is 6.21. The Kier molecular flexibility index (Phi) is 6.95. The maximum absolute atomic E-state index is 12.5. The van der Waals surface area contributed by atoms with Crippen molar-refractivity contribution in [1.82, 2.24) is 0 Å². The predicted molar refractivity (Wildman–Crippen MR) is 123 cm³/mol. The molecule has 8 heteroatoms. The lowest BCUT2D eigenvalue weighted by Gasteiger charge is -2.16. The number of hydrogen-bond donors (Lipinski definition) is 2. The molecule has 0 aliphatic carbocycles. The number of ether oxygens (including phenoxy) is 1. The Balaban J connectivity index is 1.64. The van der Waals surface area contributed by atoms with Crippen LogP contribution in [0.15, 0.2) is 77.7 Å². The summed E-state index contributed by atoms with van der Waals surface area (Å²) in [7, 11) is -3.80. The summed E-state index contributed by atoms with van der Waals surface area (Å²) < 4.78 is 32.7. The lowest BCUT2D eigenvalue weighted by Crippen LogP contribution is -2.30. The van der Waals surface area contributed by atoms with Gasteiger partial charge in [0.2, 0.25) is 0 Å². The maximum Gasteiger partial charge on any atom is 0.338 e. The van der Waals surface area contributed by atoms with E-state index in [1.54, 1.807) is 30.3 Å². The van der Waals surface area contributed by atoms with Gasteiger partial charge in [0, 0.05) is 11.4 Å². The Labute approximate surface area is 187 Å². The number of sulfonamides is 1. The molecule has 1 amide bonds. The first kappa shape index (κ1) is 23.0. The number of anilines is 2. The molecule has 0 fully saturated rings. The SMILES string of the molecule is Cc1cccc(C)c1NC(=O)C(C)OC(=O)c1ccc(S(=O)(=O)Nc2ccccc2)cc1. The van der Waals surface area contributed by atoms with E-state index in [2.05, 4.69) is 10.0 Å². The summed E-state index contributed by atoms with van der Waals surface area (Å²) >= 11 is 0. The van der Waals surface area contributed by atoms with Gasteiger partial charge in [0.05, 0.1) is 10.5 Å². The monoisotopic (exact) mass is 452 g/mol. The van der Waals surface area contributed by atoms with Gasteiger partial charge in [-0.3, -0.25) is 9.52 Å². The number of benzene rings is 3. The van der Waals surface area contributed by atoms with Crippen LogP contribution in [0, 0.1) is 13.8 Å². The fourth-order valence-corrected chi connectivity index (χ4v) is 4.07. The Morgan fingerprint density at radius 2 is 1.44 bits per heavy atom. The maximum atomic E-state index is 12.5. The zero-order valence-electron chi connectivity index (χ0n) is 18.0. The molecule has 0 bridgehead atoms. The van der Waals surface area contributed by atoms with Crippen LogP contribution < -0.4 is 10.0 Å². The van der Waals surface area contributed by atoms with E-state index in [1.807, 2.05) is 32.0 Å². The predicted octanol–water partition coefficient (Wildman–Crippen LogP) is 4.29. The fourth-order valence-electron chi connectivity index (χ4n) is 3.01. The average Bonchev–Trinajstić information content (AvgIpc) is 2.76. The largest absolute Gasteiger partial charge is 0.449 e. The van der Waals surface area contributed by atoms with Crippen LogP contribution in [0.1, 0.15) is 28.4 Å². The summed E-state index contributed by atoms with van der Waals surface area (Å²) in [4.78, 5) is 24.9. The summed E-state index contributed by atoms with van der Waals surface area (Å²) in [6, 6.07) is 19.4. The molecule has 32 heavy (non-hydrogen) atoms. The van der Waals surface area contributed by atoms with Crippen molar-refractivity contribution < 1.29 is 22.7 Å². The highest BCUT2D eigenvalue weighted by molar-refractivity contribution is 7.92. The van der Waals surface area contributed by atoms with E-state index in [-0.39, 0.29) is 10.5 Å². The minimum absolute atomic E-state index is 0.00118. The molecular formula is C24H24N2O5S. The average molecular weight is 453 g/mol. The number of aryl methyl sites for hydroxylation is 2. The number of amides is 1. The van der Waals surface area contributed by atoms with Gasteiger partial charge in [0.15, 0.2) is 6.10 Å². The molecule has 3 aromatic carbocycles. The van der Waals surface area contributed by atoms with E-state index in [1.165, 1.54) is 31.2 Å². The van der Waals surface area contributed by atoms with Crippen molar-refractivity contribution in [1.29, 1.82) is 0 Å². The third kappa shape index (κ3) is 5.53. The highest BCUT2D eigenvalue weighted by Crippen LogP contribution is 2.20. The van der Waals surface area contributed by atoms with E-state index in [0.717, 1.165) is 11.1 Å². The number of hydrogen-bond acceptors (Lipinski definition) is 5. The molecule has 0 aliphatic rings. The summed E-state index contributed by atoms with van der Waals surface area (Å²) in [5.41, 5.74) is 3.05. The standard InChI is InChI=1S/C24H24N2O5S/c1-16-8-7-9-17(2)22(16)25-23(27)18(3)31-24(28)19-12-14-21(15-13-19)32(29,30)26-20-10-5-4-6-11-20/h4-15,18,26H,1-3H3,(H,25,27). The van der Waals surface area contributed by atoms with Crippen LogP contribution >= 0.6 is 0 Å². The van der Waals surface area contributed by atoms with Crippen LogP contribution in [0.2, 0.25) is 0 Å². The molecule has 7 nitrogen and oxygen atoms in total. The van der Waals surface area contributed by atoms with Crippen molar-refractivity contribution in [2.75, 3.05) is 10.0 Å². The van der Waals surface area contributed by atoms with Crippen LogP contribution in [-0.4, -0.2) is 26.4 Å². The molecule has 0 saturated carbocycles. The van der Waals surface area contributed by atoms with Gasteiger partial charge in [-0.15, -0.1) is 0 Å². The van der Waals surface area contributed by atoms with Gasteiger partial charge in [0.25, 0.3) is 15.9 Å². The number of esters is 1. The van der Waals surface area contributed by atoms with E-state index < -0.39 is 28.0 Å². The minimum Gasteiger partial charge on any atom is -0.449 e. The minimum atomic E-state index is -3.80. The van der Waals surface area contributed by atoms with Crippen LogP contribution in [-0.2, 0) is 19.6 Å². The van der Waals surface area contributed by atoms with Crippen molar-refractivity contribution in [3.63, 3.8) is 0 Å². The van der Waals surface area contributed by atoms with Gasteiger partial charge in [-0.25, -0.2) is 13.2 Å². The zero-order chi connectivity index (χ0) is 23.3. The van der Waals surface area contributed by atoms with E-state index in [9.17, 15) is 18.0 Å². The normalized spacial score (nSPS) is 12.0. The summed E-state index contributed by atoms with van der Waals surface area (Å²) in [5.74, 6) is -1.18. The fraction of sp³-hybridized carbons (Fsp3) is 0.167. The molecule has 3 aromatic rings. The van der Waals surface area contributed by atoms with Crippen molar-refractivity contribution in [3.8, 4) is 0 Å². The summed E-state index contributed by atoms with van der Waals surface area (Å²) in [6.07, 6.45) is -1.04. The Morgan fingerprint density at radius 1 is 0.844 bits per heavy atom. The number of carbonyl (C=O) groups excluding carboxylic acids is 2. The molecule has 0 spiro atoms. The van der Waals surface area contributed by atoms with Gasteiger partial charge in [-0.1, -0.05) is 36.4 Å². The third-order valence-electron chi connectivity index (χ3n) is 4.81. The topological polar surface area (TPSA) is 102 Å². The molecule has 0 saturated heterocycles. The van der Waals surface area contributed by atoms with Gasteiger partial charge in [0.1, 0.15) is 0 Å². The first-order valence-corrected chi connectivity index (χ1v) is 11.4. The molecule has 2 N–H and O–H groups in total. The zero-order valence-corrected chi connectivity index (χ0v) is 18.8. The molecule has 0 radical (unpaired) electrons. The van der Waals surface area contributed by atoms with E-state index in [4.69, 9.17) is 4.74 Å². The van der Waals surface area contributed by atoms with Crippen LogP contribution in [0.3, 0.4) is 0 Å². The first-order chi connectivity index (χ1) is 15.2. The lowest BCUT2D eigenvalue weighted by atomic mass is 10.1. The Hall–Kier alpha value is -3.65. The highest BCUT2D eigenvalue weighted by atomic mass is 32.2. The van der Waals surface area contributed by atoms with Gasteiger partial charge < -0.3 is 10.1 Å². The second kappa shape index (κ2) is 9.65. The highest BCUT2D eigenvalue weighted by Gasteiger charge is 2.21. The van der Waals surface area contributed by atoms with E-state index >= 15 is 0 Å². The molecule has 0 aliphatic heterocycles. The second-order valence-electron chi connectivity index (χ2n) is 7.30. The number of para-hydroxylation sites is 2. The van der Waals surface area contributed by atoms with Gasteiger partial charge in [-0.2, -0.15) is 0 Å². The Morgan fingerprint density at radius 3 is 2.03 bits per heavy atom. The van der Waals surface area contributed by atoms with Crippen LogP contribution in [0.25, 0.3) is 0 Å². The van der Waals surface area contributed by atoms with Crippen LogP contribution in [0.5, 0.6) is 0 Å². The van der Waals surface area contributed by atoms with E-state index in [0.29, 0.717) is 11.4 Å². The molecule has 3 rings (SSSR count). The van der Waals surface area contributed by atoms with Crippen molar-refractivity contribution in [2.24, 2.45) is 0 Å². The molecule has 1 atom stereocenters. The summed E-state index contributed by atoms with van der Waals surface area (Å²) in [6.45, 7) is 5.23. The number of nitrogens with one attached hydrogen (secondary N) is 2.